The van der Waals surface area contributed by atoms with Gasteiger partial charge in [-0.3, -0.25) is 14.5 Å². The largest absolute Gasteiger partial charge is 0.411 e. The van der Waals surface area contributed by atoms with Crippen molar-refractivity contribution in [2.45, 2.75) is 104 Å². The Bertz CT molecular complexity index is 1080. The van der Waals surface area contributed by atoms with E-state index >= 15 is 0 Å². The van der Waals surface area contributed by atoms with Gasteiger partial charge in [0.05, 0.1) is 23.6 Å². The molecule has 0 aromatic heterocycles. The first kappa shape index (κ1) is 30.8. The van der Waals surface area contributed by atoms with E-state index in [0.717, 1.165) is 50.8 Å². The Morgan fingerprint density at radius 2 is 1.62 bits per heavy atom. The molecule has 1 aliphatic carbocycles. The summed E-state index contributed by atoms with van der Waals surface area (Å²) in [7, 11) is 0. The second-order valence-corrected chi connectivity index (χ2v) is 15.1. The Kier molecular flexibility index (Phi) is 8.97. The molecule has 2 amide bonds. The number of benzene rings is 1. The highest BCUT2D eigenvalue weighted by Crippen LogP contribution is 2.41. The van der Waals surface area contributed by atoms with E-state index in [2.05, 4.69) is 61.7 Å². The molecule has 7 nitrogen and oxygen atoms in total. The molecule has 0 spiro atoms. The molecule has 40 heavy (non-hydrogen) atoms. The smallest absolute Gasteiger partial charge is 0.234 e. The minimum atomic E-state index is -0.919. The SMILES string of the molecule is CC1(C)CCC(N(C(=O)C(C)(C)/C=N/O)[C@H]2CCN(C(=O)C3CN(C(C)(C)C)C[C@@H]3c3ccc(Cl)cc3)C2)CC1. The van der Waals surface area contributed by atoms with Crippen LogP contribution in [0.2, 0.25) is 5.02 Å². The zero-order valence-electron chi connectivity index (χ0n) is 25.5. The van der Waals surface area contributed by atoms with E-state index in [1.54, 1.807) is 0 Å². The molecule has 1 aromatic rings. The van der Waals surface area contributed by atoms with Gasteiger partial charge < -0.3 is 15.0 Å². The van der Waals surface area contributed by atoms with Crippen LogP contribution in [0.1, 0.15) is 92.1 Å². The van der Waals surface area contributed by atoms with Crippen LogP contribution in [0.5, 0.6) is 0 Å². The van der Waals surface area contributed by atoms with Crippen molar-refractivity contribution < 1.29 is 14.8 Å². The Labute approximate surface area is 245 Å². The van der Waals surface area contributed by atoms with Crippen molar-refractivity contribution in [3.05, 3.63) is 34.9 Å². The molecule has 2 saturated heterocycles. The third-order valence-electron chi connectivity index (χ3n) is 9.62. The number of likely N-dealkylation sites (tertiary alicyclic amines) is 2. The second kappa shape index (κ2) is 11.6. The van der Waals surface area contributed by atoms with Crippen LogP contribution in [0.4, 0.5) is 0 Å². The second-order valence-electron chi connectivity index (χ2n) is 14.6. The van der Waals surface area contributed by atoms with Gasteiger partial charge in [0.15, 0.2) is 0 Å². The molecular formula is C32H49ClN4O3. The molecule has 3 aliphatic rings. The van der Waals surface area contributed by atoms with Gasteiger partial charge in [0.2, 0.25) is 11.8 Å². The fourth-order valence-electron chi connectivity index (χ4n) is 6.88. The average Bonchev–Trinajstić information content (AvgIpc) is 3.53. The van der Waals surface area contributed by atoms with Crippen LogP contribution in [0.3, 0.4) is 0 Å². The zero-order chi connectivity index (χ0) is 29.5. The third-order valence-corrected chi connectivity index (χ3v) is 9.87. The highest BCUT2D eigenvalue weighted by Gasteiger charge is 2.47. The first-order valence-corrected chi connectivity index (χ1v) is 15.3. The summed E-state index contributed by atoms with van der Waals surface area (Å²) in [6, 6.07) is 8.04. The molecule has 1 saturated carbocycles. The molecule has 1 N–H and O–H groups in total. The van der Waals surface area contributed by atoms with Gasteiger partial charge in [-0.1, -0.05) is 37.6 Å². The van der Waals surface area contributed by atoms with Crippen molar-refractivity contribution in [2.75, 3.05) is 26.2 Å². The van der Waals surface area contributed by atoms with E-state index in [1.807, 2.05) is 30.9 Å². The monoisotopic (exact) mass is 572 g/mol. The molecule has 2 heterocycles. The first-order chi connectivity index (χ1) is 18.6. The molecule has 3 atom stereocenters. The number of halogens is 1. The minimum absolute atomic E-state index is 0.0203. The normalized spacial score (nSPS) is 26.5. The topological polar surface area (TPSA) is 76.5 Å². The number of amides is 2. The van der Waals surface area contributed by atoms with E-state index < -0.39 is 5.41 Å². The van der Waals surface area contributed by atoms with Crippen molar-refractivity contribution >= 4 is 29.6 Å². The van der Waals surface area contributed by atoms with E-state index in [4.69, 9.17) is 11.6 Å². The Balaban J connectivity index is 1.56. The van der Waals surface area contributed by atoms with Gasteiger partial charge in [-0.25, -0.2) is 0 Å². The van der Waals surface area contributed by atoms with Crippen LogP contribution >= 0.6 is 11.6 Å². The predicted octanol–water partition coefficient (Wildman–Crippen LogP) is 6.04. The standard InChI is InChI=1S/C32H49ClN4O3/c1-30(2,3)36-19-26(22-8-10-23(33)11-9-22)27(20-36)28(38)35-17-14-25(18-35)37(29(39)32(6,7)21-34-40)24-12-15-31(4,5)16-13-24/h8-11,21,24-27,40H,12-20H2,1-7H3/b34-21+/t25-,26+,27?/m0/s1. The average molecular weight is 573 g/mol. The molecule has 4 rings (SSSR count). The lowest BCUT2D eigenvalue weighted by Crippen LogP contribution is -2.55. The fourth-order valence-corrected chi connectivity index (χ4v) is 7.00. The maximum atomic E-state index is 14.2. The Morgan fingerprint density at radius 1 is 1.00 bits per heavy atom. The van der Waals surface area contributed by atoms with Crippen molar-refractivity contribution in [3.63, 3.8) is 0 Å². The quantitative estimate of drug-likeness (QED) is 0.256. The van der Waals surface area contributed by atoms with Crippen LogP contribution in [0.15, 0.2) is 29.4 Å². The molecule has 222 valence electrons. The first-order valence-electron chi connectivity index (χ1n) is 14.9. The molecule has 0 bridgehead atoms. The molecule has 2 aliphatic heterocycles. The number of carbonyl (C=O) groups excluding carboxylic acids is 2. The summed E-state index contributed by atoms with van der Waals surface area (Å²) >= 11 is 6.18. The summed E-state index contributed by atoms with van der Waals surface area (Å²) in [4.78, 5) is 34.6. The van der Waals surface area contributed by atoms with E-state index in [-0.39, 0.29) is 46.7 Å². The number of hydrogen-bond acceptors (Lipinski definition) is 5. The molecule has 1 unspecified atom stereocenters. The number of rotatable bonds is 6. The third kappa shape index (κ3) is 6.67. The van der Waals surface area contributed by atoms with Crippen molar-refractivity contribution in [1.82, 2.24) is 14.7 Å². The van der Waals surface area contributed by atoms with Crippen LogP contribution in [-0.2, 0) is 9.59 Å². The molecule has 0 radical (unpaired) electrons. The molecule has 8 heteroatoms. The van der Waals surface area contributed by atoms with E-state index in [1.165, 1.54) is 6.21 Å². The lowest BCUT2D eigenvalue weighted by atomic mass is 9.74. The number of carbonyl (C=O) groups is 2. The van der Waals surface area contributed by atoms with Gasteiger partial charge in [-0.05, 0) is 89.8 Å². The highest BCUT2D eigenvalue weighted by atomic mass is 35.5. The molecule has 1 aromatic carbocycles. The van der Waals surface area contributed by atoms with E-state index in [0.29, 0.717) is 18.1 Å². The summed E-state index contributed by atoms with van der Waals surface area (Å²) < 4.78 is 0. The Morgan fingerprint density at radius 3 is 2.20 bits per heavy atom. The van der Waals surface area contributed by atoms with Crippen molar-refractivity contribution in [3.8, 4) is 0 Å². The lowest BCUT2D eigenvalue weighted by molar-refractivity contribution is -0.144. The van der Waals surface area contributed by atoms with E-state index in [9.17, 15) is 14.8 Å². The maximum absolute atomic E-state index is 14.2. The zero-order valence-corrected chi connectivity index (χ0v) is 26.2. The predicted molar refractivity (Wildman–Crippen MR) is 161 cm³/mol. The molecular weight excluding hydrogens is 524 g/mol. The summed E-state index contributed by atoms with van der Waals surface area (Å²) in [5.41, 5.74) is 0.475. The van der Waals surface area contributed by atoms with Crippen molar-refractivity contribution in [1.29, 1.82) is 0 Å². The van der Waals surface area contributed by atoms with Gasteiger partial charge in [-0.15, -0.1) is 5.16 Å². The van der Waals surface area contributed by atoms with Crippen molar-refractivity contribution in [2.24, 2.45) is 21.9 Å². The van der Waals surface area contributed by atoms with Crippen LogP contribution < -0.4 is 0 Å². The van der Waals surface area contributed by atoms with Gasteiger partial charge in [0.25, 0.3) is 0 Å². The minimum Gasteiger partial charge on any atom is -0.411 e. The summed E-state index contributed by atoms with van der Waals surface area (Å²) in [6.07, 6.45) is 6.15. The van der Waals surface area contributed by atoms with Gasteiger partial charge in [-0.2, -0.15) is 0 Å². The van der Waals surface area contributed by atoms with Gasteiger partial charge in [0, 0.05) is 48.7 Å². The maximum Gasteiger partial charge on any atom is 0.234 e. The number of nitrogens with zero attached hydrogens (tertiary/aromatic N) is 4. The van der Waals surface area contributed by atoms with Crippen LogP contribution in [0, 0.1) is 16.7 Å². The highest BCUT2D eigenvalue weighted by molar-refractivity contribution is 6.30. The van der Waals surface area contributed by atoms with Crippen LogP contribution in [0.25, 0.3) is 0 Å². The summed E-state index contributed by atoms with van der Waals surface area (Å²) in [5, 5.41) is 13.2. The molecule has 3 fully saturated rings. The lowest BCUT2D eigenvalue weighted by Gasteiger charge is -2.44. The van der Waals surface area contributed by atoms with Gasteiger partial charge >= 0.3 is 0 Å². The number of oxime groups is 1. The summed E-state index contributed by atoms with van der Waals surface area (Å²) in [5.74, 6) is 0.119. The Hall–Kier alpha value is -2.12. The van der Waals surface area contributed by atoms with Gasteiger partial charge in [0.1, 0.15) is 0 Å². The summed E-state index contributed by atoms with van der Waals surface area (Å²) in [6.45, 7) is 17.6. The fraction of sp³-hybridized carbons (Fsp3) is 0.719. The van der Waals surface area contributed by atoms with Crippen LogP contribution in [-0.4, -0.2) is 81.7 Å². The number of hydrogen-bond donors (Lipinski definition) is 1.